The Morgan fingerprint density at radius 2 is 1.20 bits per heavy atom. The Morgan fingerprint density at radius 3 is 1.53 bits per heavy atom. The lowest BCUT2D eigenvalue weighted by Crippen LogP contribution is -2.82. The van der Waals surface area contributed by atoms with Crippen LogP contribution in [0, 0.1) is 10.8 Å². The van der Waals surface area contributed by atoms with Crippen molar-refractivity contribution in [3.63, 3.8) is 0 Å². The van der Waals surface area contributed by atoms with Crippen LogP contribution in [0.3, 0.4) is 0 Å². The van der Waals surface area contributed by atoms with Crippen molar-refractivity contribution in [2.24, 2.45) is 10.8 Å². The van der Waals surface area contributed by atoms with Gasteiger partial charge in [0.2, 0.25) is 0 Å². The SMILES string of the molecule is CC12CN3CC(C)(CN(C1)C3(C)C)C2O. The lowest BCUT2D eigenvalue weighted by Gasteiger charge is -2.71. The van der Waals surface area contributed by atoms with Crippen molar-refractivity contribution in [3.8, 4) is 0 Å². The molecule has 0 spiro atoms. The minimum atomic E-state index is -0.131. The van der Waals surface area contributed by atoms with E-state index < -0.39 is 0 Å². The van der Waals surface area contributed by atoms with Crippen LogP contribution in [-0.2, 0) is 0 Å². The largest absolute Gasteiger partial charge is 0.392 e. The van der Waals surface area contributed by atoms with Gasteiger partial charge in [0.05, 0.1) is 11.8 Å². The minimum absolute atomic E-state index is 0.0841. The molecule has 4 fully saturated rings. The molecule has 3 nitrogen and oxygen atoms in total. The number of piperidine rings is 2. The summed E-state index contributed by atoms with van der Waals surface area (Å²) in [4.78, 5) is 5.10. The zero-order valence-corrected chi connectivity index (χ0v) is 10.2. The van der Waals surface area contributed by atoms with Gasteiger partial charge in [-0.15, -0.1) is 0 Å². The fourth-order valence-corrected chi connectivity index (χ4v) is 4.12. The van der Waals surface area contributed by atoms with Gasteiger partial charge in [-0.05, 0) is 13.8 Å². The molecule has 4 bridgehead atoms. The van der Waals surface area contributed by atoms with Crippen molar-refractivity contribution in [1.82, 2.24) is 9.80 Å². The Bertz CT molecular complexity index is 273. The number of nitrogens with zero attached hydrogens (tertiary/aromatic N) is 2. The van der Waals surface area contributed by atoms with Crippen LogP contribution in [-0.4, -0.2) is 52.9 Å². The first-order chi connectivity index (χ1) is 6.78. The molecule has 3 heteroatoms. The number of aliphatic hydroxyl groups excluding tert-OH is 1. The van der Waals surface area contributed by atoms with E-state index in [9.17, 15) is 5.11 Å². The molecule has 4 heterocycles. The van der Waals surface area contributed by atoms with E-state index in [1.807, 2.05) is 0 Å². The molecule has 0 amide bonds. The zero-order chi connectivity index (χ0) is 11.1. The monoisotopic (exact) mass is 210 g/mol. The highest BCUT2D eigenvalue weighted by Gasteiger charge is 2.63. The van der Waals surface area contributed by atoms with Crippen LogP contribution in [0.4, 0.5) is 0 Å². The molecule has 15 heavy (non-hydrogen) atoms. The lowest BCUT2D eigenvalue weighted by atomic mass is 9.59. The maximum atomic E-state index is 10.5. The first-order valence-corrected chi connectivity index (χ1v) is 5.96. The number of hydrogen-bond acceptors (Lipinski definition) is 3. The summed E-state index contributed by atoms with van der Waals surface area (Å²) >= 11 is 0. The number of aliphatic hydroxyl groups is 1. The third kappa shape index (κ3) is 1.02. The Kier molecular flexibility index (Phi) is 1.62. The molecule has 0 atom stereocenters. The van der Waals surface area contributed by atoms with Crippen molar-refractivity contribution in [3.05, 3.63) is 0 Å². The van der Waals surface area contributed by atoms with Crippen LogP contribution in [0.2, 0.25) is 0 Å². The molecule has 0 saturated carbocycles. The standard InChI is InChI=1S/C12H22N2O/c1-10(2)13-5-11(3)6-14(10)8-12(4,7-13)9(11)15/h9,15H,5-8H2,1-4H3. The predicted octanol–water partition coefficient (Wildman–Crippen LogP) is 0.741. The predicted molar refractivity (Wildman–Crippen MR) is 59.4 cm³/mol. The molecule has 0 unspecified atom stereocenters. The van der Waals surface area contributed by atoms with Crippen molar-refractivity contribution in [2.75, 3.05) is 26.2 Å². The van der Waals surface area contributed by atoms with Crippen LogP contribution < -0.4 is 0 Å². The van der Waals surface area contributed by atoms with Crippen LogP contribution in [0.15, 0.2) is 0 Å². The number of rotatable bonds is 0. The summed E-state index contributed by atoms with van der Waals surface area (Å²) in [5, 5.41) is 10.5. The fourth-order valence-electron chi connectivity index (χ4n) is 4.12. The van der Waals surface area contributed by atoms with Crippen LogP contribution in [0.25, 0.3) is 0 Å². The molecule has 0 aliphatic carbocycles. The Labute approximate surface area is 92.1 Å². The van der Waals surface area contributed by atoms with E-state index in [0.717, 1.165) is 26.2 Å². The molecule has 0 radical (unpaired) electrons. The molecule has 0 aromatic rings. The van der Waals surface area contributed by atoms with Crippen LogP contribution >= 0.6 is 0 Å². The van der Waals surface area contributed by atoms with Gasteiger partial charge >= 0.3 is 0 Å². The molecule has 4 aliphatic heterocycles. The van der Waals surface area contributed by atoms with E-state index >= 15 is 0 Å². The maximum Gasteiger partial charge on any atom is 0.0696 e. The smallest absolute Gasteiger partial charge is 0.0696 e. The third-order valence-electron chi connectivity index (χ3n) is 5.08. The van der Waals surface area contributed by atoms with Gasteiger partial charge in [0.25, 0.3) is 0 Å². The van der Waals surface area contributed by atoms with Gasteiger partial charge in [-0.2, -0.15) is 0 Å². The minimum Gasteiger partial charge on any atom is -0.392 e. The summed E-state index contributed by atoms with van der Waals surface area (Å²) in [6.07, 6.45) is -0.131. The summed E-state index contributed by atoms with van der Waals surface area (Å²) < 4.78 is 0. The summed E-state index contributed by atoms with van der Waals surface area (Å²) in [5.41, 5.74) is 0.362. The molecule has 0 aromatic heterocycles. The van der Waals surface area contributed by atoms with Crippen molar-refractivity contribution in [1.29, 1.82) is 0 Å². The van der Waals surface area contributed by atoms with Gasteiger partial charge in [0.15, 0.2) is 0 Å². The molecule has 4 aliphatic rings. The van der Waals surface area contributed by atoms with Gasteiger partial charge in [-0.25, -0.2) is 0 Å². The van der Waals surface area contributed by atoms with Crippen molar-refractivity contribution in [2.45, 2.75) is 39.5 Å². The second-order valence-corrected chi connectivity index (χ2v) is 6.92. The van der Waals surface area contributed by atoms with Crippen molar-refractivity contribution < 1.29 is 5.11 Å². The molecule has 4 rings (SSSR count). The number of hydrogen-bond donors (Lipinski definition) is 1. The van der Waals surface area contributed by atoms with E-state index in [1.54, 1.807) is 0 Å². The quantitative estimate of drug-likeness (QED) is 0.639. The molecular weight excluding hydrogens is 188 g/mol. The second-order valence-electron chi connectivity index (χ2n) is 6.92. The van der Waals surface area contributed by atoms with Gasteiger partial charge in [0.1, 0.15) is 0 Å². The maximum absolute atomic E-state index is 10.5. The first kappa shape index (κ1) is 10.1. The van der Waals surface area contributed by atoms with Crippen LogP contribution in [0.1, 0.15) is 27.7 Å². The molecular formula is C12H22N2O. The van der Waals surface area contributed by atoms with E-state index in [4.69, 9.17) is 0 Å². The first-order valence-electron chi connectivity index (χ1n) is 5.96. The summed E-state index contributed by atoms with van der Waals surface area (Å²) in [7, 11) is 0. The third-order valence-corrected chi connectivity index (χ3v) is 5.08. The highest BCUT2D eigenvalue weighted by atomic mass is 16.3. The highest BCUT2D eigenvalue weighted by Crippen LogP contribution is 2.53. The lowest BCUT2D eigenvalue weighted by molar-refractivity contribution is -0.278. The summed E-state index contributed by atoms with van der Waals surface area (Å²) in [5.74, 6) is 0. The molecule has 1 N–H and O–H groups in total. The van der Waals surface area contributed by atoms with Gasteiger partial charge in [-0.1, -0.05) is 13.8 Å². The van der Waals surface area contributed by atoms with Gasteiger partial charge in [-0.3, -0.25) is 9.80 Å². The summed E-state index contributed by atoms with van der Waals surface area (Å²) in [6, 6.07) is 0. The Balaban J connectivity index is 2.06. The highest BCUT2D eigenvalue weighted by molar-refractivity contribution is 5.15. The molecule has 0 aromatic carbocycles. The van der Waals surface area contributed by atoms with E-state index in [1.165, 1.54) is 0 Å². The zero-order valence-electron chi connectivity index (χ0n) is 10.2. The van der Waals surface area contributed by atoms with E-state index in [2.05, 4.69) is 37.5 Å². The Hall–Kier alpha value is -0.120. The topological polar surface area (TPSA) is 26.7 Å². The van der Waals surface area contributed by atoms with E-state index in [0.29, 0.717) is 0 Å². The second kappa shape index (κ2) is 2.41. The average molecular weight is 210 g/mol. The van der Waals surface area contributed by atoms with Gasteiger partial charge in [0, 0.05) is 37.0 Å². The average Bonchev–Trinajstić information content (AvgIpc) is 2.08. The fraction of sp³-hybridized carbons (Fsp3) is 1.00. The normalized spacial score (nSPS) is 61.0. The van der Waals surface area contributed by atoms with E-state index in [-0.39, 0.29) is 22.6 Å². The summed E-state index contributed by atoms with van der Waals surface area (Å²) in [6.45, 7) is 13.3. The Morgan fingerprint density at radius 1 is 0.867 bits per heavy atom. The molecule has 86 valence electrons. The van der Waals surface area contributed by atoms with Gasteiger partial charge < -0.3 is 5.11 Å². The van der Waals surface area contributed by atoms with Crippen LogP contribution in [0.5, 0.6) is 0 Å². The molecule has 4 saturated heterocycles. The van der Waals surface area contributed by atoms with Crippen molar-refractivity contribution >= 4 is 0 Å².